The third kappa shape index (κ3) is 7.97. The smallest absolute Gasteiger partial charge is 0.275 e. The molecule has 0 aliphatic heterocycles. The van der Waals surface area contributed by atoms with Crippen molar-refractivity contribution < 1.29 is 19.2 Å². The first-order valence-corrected chi connectivity index (χ1v) is 8.47. The van der Waals surface area contributed by atoms with Crippen LogP contribution in [0.15, 0.2) is 24.3 Å². The summed E-state index contributed by atoms with van der Waals surface area (Å²) in [6.07, 6.45) is 0.769. The number of ether oxygens (including phenoxy) is 1. The van der Waals surface area contributed by atoms with Gasteiger partial charge in [0.25, 0.3) is 11.8 Å². The molecule has 24 heavy (non-hydrogen) atoms. The van der Waals surface area contributed by atoms with E-state index in [0.29, 0.717) is 19.6 Å². The van der Waals surface area contributed by atoms with Gasteiger partial charge in [-0.25, -0.2) is 0 Å². The number of methoxy groups -OCH3 is 1. The van der Waals surface area contributed by atoms with Crippen LogP contribution in [0.25, 0.3) is 0 Å². The van der Waals surface area contributed by atoms with Crippen molar-refractivity contribution in [2.24, 2.45) is 0 Å². The van der Waals surface area contributed by atoms with Crippen molar-refractivity contribution >= 4 is 11.8 Å². The lowest BCUT2D eigenvalue weighted by molar-refractivity contribution is -0.881. The standard InChI is InChI=1S/C18H29N3O3/c1-5-21(13-18(23)20-14(2)3)12-17(22)19-11-10-15-6-8-16(24-4)9-7-15/h6-9,14H,5,10-13H2,1-4H3,(H,19,22)(H,20,23)/p+1. The molecule has 0 spiro atoms. The van der Waals surface area contributed by atoms with E-state index in [-0.39, 0.29) is 17.9 Å². The first-order valence-electron chi connectivity index (χ1n) is 8.47. The Hall–Kier alpha value is -2.08. The number of hydrogen-bond acceptors (Lipinski definition) is 3. The Morgan fingerprint density at radius 1 is 1.12 bits per heavy atom. The average Bonchev–Trinajstić information content (AvgIpc) is 2.54. The number of quaternary nitrogens is 1. The topological polar surface area (TPSA) is 71.9 Å². The van der Waals surface area contributed by atoms with Crippen LogP contribution in [0.2, 0.25) is 0 Å². The van der Waals surface area contributed by atoms with Crippen LogP contribution < -0.4 is 20.3 Å². The molecule has 0 saturated heterocycles. The van der Waals surface area contributed by atoms with E-state index >= 15 is 0 Å². The Labute approximate surface area is 144 Å². The van der Waals surface area contributed by atoms with Crippen LogP contribution >= 0.6 is 0 Å². The predicted molar refractivity (Wildman–Crippen MR) is 94.2 cm³/mol. The molecule has 1 unspecified atom stereocenters. The molecule has 0 radical (unpaired) electrons. The molecule has 1 atom stereocenters. The lowest BCUT2D eigenvalue weighted by Crippen LogP contribution is -3.14. The van der Waals surface area contributed by atoms with Crippen LogP contribution in [0.3, 0.4) is 0 Å². The van der Waals surface area contributed by atoms with Crippen LogP contribution in [0, 0.1) is 0 Å². The largest absolute Gasteiger partial charge is 0.497 e. The third-order valence-corrected chi connectivity index (χ3v) is 3.67. The molecule has 6 nitrogen and oxygen atoms in total. The van der Waals surface area contributed by atoms with Gasteiger partial charge in [-0.05, 0) is 44.9 Å². The van der Waals surface area contributed by atoms with Gasteiger partial charge in [-0.2, -0.15) is 0 Å². The molecule has 1 aromatic carbocycles. The zero-order valence-corrected chi connectivity index (χ0v) is 15.1. The molecule has 2 amide bonds. The lowest BCUT2D eigenvalue weighted by Gasteiger charge is -2.17. The highest BCUT2D eigenvalue weighted by Crippen LogP contribution is 2.11. The average molecular weight is 336 g/mol. The van der Waals surface area contributed by atoms with E-state index in [1.54, 1.807) is 7.11 Å². The second-order valence-electron chi connectivity index (χ2n) is 6.13. The number of hydrogen-bond donors (Lipinski definition) is 3. The molecule has 0 saturated carbocycles. The van der Waals surface area contributed by atoms with E-state index in [1.165, 1.54) is 0 Å². The van der Waals surface area contributed by atoms with Gasteiger partial charge in [0.1, 0.15) is 5.75 Å². The van der Waals surface area contributed by atoms with Gasteiger partial charge in [-0.15, -0.1) is 0 Å². The second kappa shape index (κ2) is 10.6. The molecule has 6 heteroatoms. The minimum absolute atomic E-state index is 0.0205. The van der Waals surface area contributed by atoms with E-state index < -0.39 is 0 Å². The molecule has 0 aromatic heterocycles. The van der Waals surface area contributed by atoms with Crippen molar-refractivity contribution in [3.8, 4) is 5.75 Å². The maximum absolute atomic E-state index is 12.0. The highest BCUT2D eigenvalue weighted by Gasteiger charge is 2.16. The number of amides is 2. The lowest BCUT2D eigenvalue weighted by atomic mass is 10.1. The van der Waals surface area contributed by atoms with E-state index in [0.717, 1.165) is 29.2 Å². The number of rotatable bonds is 10. The van der Waals surface area contributed by atoms with E-state index in [1.807, 2.05) is 45.0 Å². The van der Waals surface area contributed by atoms with Gasteiger partial charge in [0, 0.05) is 12.6 Å². The van der Waals surface area contributed by atoms with Crippen molar-refractivity contribution in [3.05, 3.63) is 29.8 Å². The molecule has 1 rings (SSSR count). The number of nitrogens with one attached hydrogen (secondary N) is 3. The summed E-state index contributed by atoms with van der Waals surface area (Å²) in [7, 11) is 1.64. The maximum atomic E-state index is 12.0. The summed E-state index contributed by atoms with van der Waals surface area (Å²) in [5.74, 6) is 0.773. The van der Waals surface area contributed by atoms with Crippen LogP contribution in [0.4, 0.5) is 0 Å². The number of carbonyl (C=O) groups excluding carboxylic acids is 2. The van der Waals surface area contributed by atoms with Crippen molar-refractivity contribution in [3.63, 3.8) is 0 Å². The summed E-state index contributed by atoms with van der Waals surface area (Å²) in [6, 6.07) is 7.92. The molecule has 3 N–H and O–H groups in total. The summed E-state index contributed by atoms with van der Waals surface area (Å²) >= 11 is 0. The predicted octanol–water partition coefficient (Wildman–Crippen LogP) is -0.217. The molecule has 1 aromatic rings. The van der Waals surface area contributed by atoms with Crippen LogP contribution in [0.5, 0.6) is 5.75 Å². The summed E-state index contributed by atoms with van der Waals surface area (Å²) in [5.41, 5.74) is 1.15. The molecule has 0 heterocycles. The molecule has 0 aliphatic rings. The maximum Gasteiger partial charge on any atom is 0.275 e. The summed E-state index contributed by atoms with van der Waals surface area (Å²) in [4.78, 5) is 24.8. The van der Waals surface area contributed by atoms with E-state index in [4.69, 9.17) is 4.74 Å². The number of benzene rings is 1. The molecule has 134 valence electrons. The van der Waals surface area contributed by atoms with Gasteiger partial charge < -0.3 is 20.3 Å². The summed E-state index contributed by atoms with van der Waals surface area (Å²) < 4.78 is 5.12. The normalized spacial score (nSPS) is 11.9. The fraction of sp³-hybridized carbons (Fsp3) is 0.556. The molecule has 0 bridgehead atoms. The Morgan fingerprint density at radius 2 is 1.75 bits per heavy atom. The van der Waals surface area contributed by atoms with E-state index in [9.17, 15) is 9.59 Å². The van der Waals surface area contributed by atoms with Crippen molar-refractivity contribution in [2.75, 3.05) is 33.3 Å². The first kappa shape index (κ1) is 20.0. The van der Waals surface area contributed by atoms with Crippen molar-refractivity contribution in [1.82, 2.24) is 10.6 Å². The van der Waals surface area contributed by atoms with Gasteiger partial charge in [-0.1, -0.05) is 12.1 Å². The number of carbonyl (C=O) groups is 2. The Balaban J connectivity index is 2.31. The van der Waals surface area contributed by atoms with Gasteiger partial charge in [0.15, 0.2) is 13.1 Å². The molecule has 0 fully saturated rings. The van der Waals surface area contributed by atoms with Gasteiger partial charge in [0.2, 0.25) is 0 Å². The Kier molecular flexibility index (Phi) is 8.86. The Bertz CT molecular complexity index is 515. The van der Waals surface area contributed by atoms with Crippen LogP contribution in [-0.2, 0) is 16.0 Å². The molecule has 0 aliphatic carbocycles. The minimum atomic E-state index is -0.0299. The highest BCUT2D eigenvalue weighted by atomic mass is 16.5. The zero-order chi connectivity index (χ0) is 17.9. The molecular formula is C18H30N3O3+. The van der Waals surface area contributed by atoms with Gasteiger partial charge in [0.05, 0.1) is 13.7 Å². The highest BCUT2D eigenvalue weighted by molar-refractivity contribution is 5.79. The number of likely N-dealkylation sites (N-methyl/N-ethyl adjacent to an activating group) is 1. The summed E-state index contributed by atoms with van der Waals surface area (Å²) in [6.45, 7) is 7.77. The van der Waals surface area contributed by atoms with Crippen molar-refractivity contribution in [2.45, 2.75) is 33.2 Å². The van der Waals surface area contributed by atoms with Crippen molar-refractivity contribution in [1.29, 1.82) is 0 Å². The van der Waals surface area contributed by atoms with E-state index in [2.05, 4.69) is 10.6 Å². The minimum Gasteiger partial charge on any atom is -0.497 e. The van der Waals surface area contributed by atoms with Gasteiger partial charge >= 0.3 is 0 Å². The quantitative estimate of drug-likeness (QED) is 0.553. The van der Waals surface area contributed by atoms with Crippen LogP contribution in [-0.4, -0.2) is 51.1 Å². The fourth-order valence-electron chi connectivity index (χ4n) is 2.34. The molecular weight excluding hydrogens is 306 g/mol. The summed E-state index contributed by atoms with van der Waals surface area (Å²) in [5, 5.41) is 5.77. The monoisotopic (exact) mass is 336 g/mol. The SMILES string of the molecule is CC[NH+](CC(=O)NCCc1ccc(OC)cc1)CC(=O)NC(C)C. The fourth-order valence-corrected chi connectivity index (χ4v) is 2.34. The van der Waals surface area contributed by atoms with Crippen LogP contribution in [0.1, 0.15) is 26.3 Å². The second-order valence-corrected chi connectivity index (χ2v) is 6.13. The Morgan fingerprint density at radius 3 is 2.29 bits per heavy atom. The van der Waals surface area contributed by atoms with Gasteiger partial charge in [-0.3, -0.25) is 9.59 Å². The first-order chi connectivity index (χ1) is 11.4. The third-order valence-electron chi connectivity index (χ3n) is 3.67. The zero-order valence-electron chi connectivity index (χ0n) is 15.1.